The van der Waals surface area contributed by atoms with Crippen molar-refractivity contribution in [1.29, 1.82) is 0 Å². The minimum absolute atomic E-state index is 0.0788. The molecule has 7 nitrogen and oxygen atoms in total. The summed E-state index contributed by atoms with van der Waals surface area (Å²) in [7, 11) is 0. The third kappa shape index (κ3) is 6.21. The highest BCUT2D eigenvalue weighted by Gasteiger charge is 2.34. The van der Waals surface area contributed by atoms with Gasteiger partial charge in [0.05, 0.1) is 6.42 Å². The van der Waals surface area contributed by atoms with E-state index in [0.29, 0.717) is 6.42 Å². The van der Waals surface area contributed by atoms with Gasteiger partial charge < -0.3 is 20.5 Å². The van der Waals surface area contributed by atoms with E-state index in [1.54, 1.807) is 0 Å². The summed E-state index contributed by atoms with van der Waals surface area (Å²) in [5, 5.41) is 14.8. The maximum Gasteiger partial charge on any atom is 0.407 e. The fourth-order valence-corrected chi connectivity index (χ4v) is 4.48. The molecule has 35 heavy (non-hydrogen) atoms. The molecule has 0 aliphatic heterocycles. The van der Waals surface area contributed by atoms with Gasteiger partial charge in [0.25, 0.3) is 0 Å². The highest BCUT2D eigenvalue weighted by atomic mass is 16.5. The number of hydrogen-bond donors (Lipinski definition) is 3. The van der Waals surface area contributed by atoms with Crippen molar-refractivity contribution in [2.24, 2.45) is 11.3 Å². The first-order valence-electron chi connectivity index (χ1n) is 12.2. The van der Waals surface area contributed by atoms with Gasteiger partial charge in [-0.05, 0) is 33.6 Å². The van der Waals surface area contributed by atoms with E-state index in [0.717, 1.165) is 22.3 Å². The van der Waals surface area contributed by atoms with E-state index in [-0.39, 0.29) is 24.9 Å². The molecule has 3 N–H and O–H groups in total. The molecule has 0 radical (unpaired) electrons. The van der Waals surface area contributed by atoms with E-state index >= 15 is 0 Å². The molecule has 0 fully saturated rings. The zero-order chi connectivity index (χ0) is 25.8. The largest absolute Gasteiger partial charge is 0.481 e. The van der Waals surface area contributed by atoms with Crippen LogP contribution in [0.5, 0.6) is 0 Å². The van der Waals surface area contributed by atoms with E-state index in [1.807, 2.05) is 71.0 Å². The fraction of sp³-hybridized carbons (Fsp3) is 0.464. The number of nitrogens with one attached hydrogen (secondary N) is 2. The van der Waals surface area contributed by atoms with Crippen LogP contribution in [0, 0.1) is 11.3 Å². The Morgan fingerprint density at radius 3 is 2.00 bits per heavy atom. The Labute approximate surface area is 207 Å². The second-order valence-electron chi connectivity index (χ2n) is 10.4. The number of carboxylic acid groups (broad SMARTS) is 1. The van der Waals surface area contributed by atoms with Crippen LogP contribution in [0.3, 0.4) is 0 Å². The van der Waals surface area contributed by atoms with Crippen LogP contribution in [-0.2, 0) is 14.3 Å². The molecule has 7 heteroatoms. The number of rotatable bonds is 9. The molecule has 2 aromatic rings. The normalized spacial score (nSPS) is 15.3. The number of alkyl carbamates (subject to hydrolysis) is 1. The van der Waals surface area contributed by atoms with Gasteiger partial charge in [-0.3, -0.25) is 9.59 Å². The van der Waals surface area contributed by atoms with Crippen LogP contribution >= 0.6 is 0 Å². The molecule has 0 heterocycles. The van der Waals surface area contributed by atoms with Crippen molar-refractivity contribution in [2.75, 3.05) is 6.61 Å². The van der Waals surface area contributed by atoms with Crippen molar-refractivity contribution in [3.05, 3.63) is 59.7 Å². The van der Waals surface area contributed by atoms with Gasteiger partial charge in [0, 0.05) is 12.0 Å². The van der Waals surface area contributed by atoms with Gasteiger partial charge in [0.2, 0.25) is 5.91 Å². The molecule has 3 rings (SSSR count). The summed E-state index contributed by atoms with van der Waals surface area (Å²) < 4.78 is 5.63. The first-order chi connectivity index (χ1) is 16.5. The number of hydrogen-bond acceptors (Lipinski definition) is 4. The zero-order valence-corrected chi connectivity index (χ0v) is 21.1. The number of carboxylic acids is 1. The summed E-state index contributed by atoms with van der Waals surface area (Å²) >= 11 is 0. The Balaban J connectivity index is 1.69. The lowest BCUT2D eigenvalue weighted by molar-refractivity contribution is -0.138. The van der Waals surface area contributed by atoms with E-state index in [2.05, 4.69) is 22.8 Å². The minimum atomic E-state index is -0.991. The van der Waals surface area contributed by atoms with Crippen LogP contribution in [0.2, 0.25) is 0 Å². The third-order valence-electron chi connectivity index (χ3n) is 6.85. The summed E-state index contributed by atoms with van der Waals surface area (Å²) in [6, 6.07) is 14.8. The van der Waals surface area contributed by atoms with E-state index < -0.39 is 35.5 Å². The highest BCUT2D eigenvalue weighted by molar-refractivity contribution is 5.86. The molecule has 0 bridgehead atoms. The Kier molecular flexibility index (Phi) is 8.20. The van der Waals surface area contributed by atoms with Crippen molar-refractivity contribution in [1.82, 2.24) is 10.6 Å². The molecule has 0 aromatic heterocycles. The minimum Gasteiger partial charge on any atom is -0.481 e. The second kappa shape index (κ2) is 10.9. The predicted octanol–water partition coefficient (Wildman–Crippen LogP) is 4.95. The molecule has 3 atom stereocenters. The number of aliphatic carboxylic acids is 1. The summed E-state index contributed by atoms with van der Waals surface area (Å²) in [6.07, 6.45) is -0.216. The molecule has 0 spiro atoms. The Bertz CT molecular complexity index is 1030. The zero-order valence-electron chi connectivity index (χ0n) is 21.1. The maximum atomic E-state index is 13.1. The van der Waals surface area contributed by atoms with Crippen LogP contribution in [0.1, 0.15) is 64.5 Å². The van der Waals surface area contributed by atoms with Crippen LogP contribution in [-0.4, -0.2) is 41.8 Å². The number of amides is 2. The lowest BCUT2D eigenvalue weighted by atomic mass is 9.84. The van der Waals surface area contributed by atoms with Crippen molar-refractivity contribution in [2.45, 2.75) is 65.5 Å². The molecule has 2 unspecified atom stereocenters. The number of benzene rings is 2. The van der Waals surface area contributed by atoms with Gasteiger partial charge in [0.1, 0.15) is 12.6 Å². The smallest absolute Gasteiger partial charge is 0.407 e. The molecular weight excluding hydrogens is 444 g/mol. The third-order valence-corrected chi connectivity index (χ3v) is 6.85. The fourth-order valence-electron chi connectivity index (χ4n) is 4.48. The van der Waals surface area contributed by atoms with Crippen LogP contribution in [0.4, 0.5) is 4.79 Å². The molecule has 1 aliphatic rings. The molecule has 2 amide bonds. The summed E-state index contributed by atoms with van der Waals surface area (Å²) in [4.78, 5) is 37.3. The molecule has 2 aromatic carbocycles. The van der Waals surface area contributed by atoms with Crippen LogP contribution in [0.25, 0.3) is 11.1 Å². The molecular formula is C28H36N2O5. The molecule has 0 saturated carbocycles. The topological polar surface area (TPSA) is 105 Å². The van der Waals surface area contributed by atoms with Crippen molar-refractivity contribution < 1.29 is 24.2 Å². The lowest BCUT2D eigenvalue weighted by Gasteiger charge is -2.33. The Hall–Kier alpha value is -3.35. The van der Waals surface area contributed by atoms with Gasteiger partial charge >= 0.3 is 12.1 Å². The molecule has 1 aliphatic carbocycles. The van der Waals surface area contributed by atoms with Crippen LogP contribution < -0.4 is 10.6 Å². The van der Waals surface area contributed by atoms with E-state index in [4.69, 9.17) is 4.74 Å². The highest BCUT2D eigenvalue weighted by Crippen LogP contribution is 2.44. The number of ether oxygens (including phenoxy) is 1. The monoisotopic (exact) mass is 480 g/mol. The van der Waals surface area contributed by atoms with Gasteiger partial charge in [-0.1, -0.05) is 89.6 Å². The maximum absolute atomic E-state index is 13.1. The first kappa shape index (κ1) is 26.3. The molecule has 188 valence electrons. The molecule has 0 saturated heterocycles. The average molecular weight is 481 g/mol. The van der Waals surface area contributed by atoms with Crippen molar-refractivity contribution in [3.8, 4) is 11.1 Å². The number of fused-ring (bicyclic) bond motifs is 3. The lowest BCUT2D eigenvalue weighted by Crippen LogP contribution is -2.55. The average Bonchev–Trinajstić information content (AvgIpc) is 3.13. The van der Waals surface area contributed by atoms with E-state index in [9.17, 15) is 19.5 Å². The van der Waals surface area contributed by atoms with Crippen molar-refractivity contribution >= 4 is 18.0 Å². The van der Waals surface area contributed by atoms with Gasteiger partial charge in [-0.15, -0.1) is 0 Å². The Morgan fingerprint density at radius 2 is 1.51 bits per heavy atom. The quantitative estimate of drug-likeness (QED) is 0.471. The van der Waals surface area contributed by atoms with Gasteiger partial charge in [-0.25, -0.2) is 4.79 Å². The van der Waals surface area contributed by atoms with Crippen molar-refractivity contribution in [3.63, 3.8) is 0 Å². The van der Waals surface area contributed by atoms with Crippen LogP contribution in [0.15, 0.2) is 48.5 Å². The standard InChI is InChI=1S/C28H36N2O5/c1-6-17(2)25(26(33)29-23(15-24(31)32)28(3,4)5)30-27(34)35-16-22-20-13-9-7-11-18(20)19-12-8-10-14-21(19)22/h7-14,17,22-23,25H,6,15-16H2,1-5H3,(H,29,33)(H,30,34)(H,31,32)/t17?,23?,25-/m0/s1. The summed E-state index contributed by atoms with van der Waals surface area (Å²) in [5.74, 6) is -1.64. The number of carbonyl (C=O) groups excluding carboxylic acids is 2. The number of carbonyl (C=O) groups is 3. The summed E-state index contributed by atoms with van der Waals surface area (Å²) in [5.41, 5.74) is 4.04. The second-order valence-corrected chi connectivity index (χ2v) is 10.4. The Morgan fingerprint density at radius 1 is 0.971 bits per heavy atom. The van der Waals surface area contributed by atoms with E-state index in [1.165, 1.54) is 0 Å². The van der Waals surface area contributed by atoms with Gasteiger partial charge in [0.15, 0.2) is 0 Å². The SMILES string of the molecule is CCC(C)[C@H](NC(=O)OCC1c2ccccc2-c2ccccc21)C(=O)NC(CC(=O)O)C(C)(C)C. The first-order valence-corrected chi connectivity index (χ1v) is 12.2. The summed E-state index contributed by atoms with van der Waals surface area (Å²) in [6.45, 7) is 9.58. The van der Waals surface area contributed by atoms with Gasteiger partial charge in [-0.2, -0.15) is 0 Å². The predicted molar refractivity (Wildman–Crippen MR) is 135 cm³/mol.